The van der Waals surface area contributed by atoms with Crippen LogP contribution in [0.5, 0.6) is 11.5 Å². The number of fused-ring (bicyclic) bond motifs is 1. The lowest BCUT2D eigenvalue weighted by molar-refractivity contribution is 0.102. The van der Waals surface area contributed by atoms with Crippen LogP contribution in [0.15, 0.2) is 59.0 Å². The van der Waals surface area contributed by atoms with Gasteiger partial charge in [0.05, 0.1) is 24.9 Å². The fourth-order valence-electron chi connectivity index (χ4n) is 3.50. The average Bonchev–Trinajstić information content (AvgIpc) is 3.27. The van der Waals surface area contributed by atoms with Gasteiger partial charge in [-0.15, -0.1) is 0 Å². The van der Waals surface area contributed by atoms with Gasteiger partial charge in [0.1, 0.15) is 17.0 Å². The number of nitrogens with one attached hydrogen (secondary N) is 1. The van der Waals surface area contributed by atoms with Crippen molar-refractivity contribution in [1.29, 1.82) is 0 Å². The molecule has 0 fully saturated rings. The van der Waals surface area contributed by atoms with Crippen LogP contribution in [0.2, 0.25) is 5.02 Å². The molecule has 1 N–H and O–H groups in total. The van der Waals surface area contributed by atoms with Gasteiger partial charge >= 0.3 is 0 Å². The van der Waals surface area contributed by atoms with Gasteiger partial charge < -0.3 is 19.2 Å². The molecule has 1 heterocycles. The number of rotatable bonds is 7. The van der Waals surface area contributed by atoms with Gasteiger partial charge in [-0.05, 0) is 60.4 Å². The van der Waals surface area contributed by atoms with Crippen LogP contribution >= 0.6 is 11.6 Å². The van der Waals surface area contributed by atoms with E-state index in [9.17, 15) is 4.79 Å². The Kier molecular flexibility index (Phi) is 6.56. The third-order valence-electron chi connectivity index (χ3n) is 5.67. The molecule has 33 heavy (non-hydrogen) atoms. The number of anilines is 1. The predicted octanol–water partition coefficient (Wildman–Crippen LogP) is 6.93. The van der Waals surface area contributed by atoms with E-state index < -0.39 is 0 Å². The molecule has 1 atom stereocenters. The van der Waals surface area contributed by atoms with Gasteiger partial charge in [0.15, 0.2) is 5.58 Å². The third-order valence-corrected chi connectivity index (χ3v) is 6.00. The maximum Gasteiger partial charge on any atom is 0.255 e. The number of oxazole rings is 1. The van der Waals surface area contributed by atoms with Crippen molar-refractivity contribution in [3.05, 3.63) is 70.7 Å². The molecule has 0 aliphatic rings. The molecule has 7 heteroatoms. The van der Waals surface area contributed by atoms with Gasteiger partial charge in [0.2, 0.25) is 5.89 Å². The lowest BCUT2D eigenvalue weighted by atomic mass is 9.98. The van der Waals surface area contributed by atoms with Gasteiger partial charge in [0, 0.05) is 17.2 Å². The van der Waals surface area contributed by atoms with E-state index in [0.29, 0.717) is 50.7 Å². The molecule has 1 aromatic heterocycles. The summed E-state index contributed by atoms with van der Waals surface area (Å²) in [5, 5.41) is 3.25. The van der Waals surface area contributed by atoms with Crippen molar-refractivity contribution in [2.45, 2.75) is 26.2 Å². The molecule has 0 saturated carbocycles. The van der Waals surface area contributed by atoms with E-state index in [0.717, 1.165) is 11.9 Å². The van der Waals surface area contributed by atoms with E-state index in [4.69, 9.17) is 25.5 Å². The largest absolute Gasteiger partial charge is 0.497 e. The summed E-state index contributed by atoms with van der Waals surface area (Å²) in [5.74, 6) is 1.59. The number of hydrogen-bond acceptors (Lipinski definition) is 5. The van der Waals surface area contributed by atoms with E-state index in [2.05, 4.69) is 36.3 Å². The monoisotopic (exact) mass is 464 g/mol. The van der Waals surface area contributed by atoms with Gasteiger partial charge in [-0.1, -0.05) is 31.5 Å². The Bertz CT molecular complexity index is 1290. The van der Waals surface area contributed by atoms with E-state index in [1.54, 1.807) is 30.3 Å². The number of amides is 1. The number of hydrogen-bond donors (Lipinski definition) is 1. The first-order valence-corrected chi connectivity index (χ1v) is 11.0. The van der Waals surface area contributed by atoms with Crippen molar-refractivity contribution >= 4 is 34.3 Å². The van der Waals surface area contributed by atoms with Crippen LogP contribution in [0.3, 0.4) is 0 Å². The Balaban J connectivity index is 1.64. The molecule has 6 nitrogen and oxygen atoms in total. The number of halogens is 1. The maximum atomic E-state index is 12.9. The molecule has 0 aliphatic carbocycles. The number of methoxy groups -OCH3 is 2. The number of ether oxygens (including phenoxy) is 2. The highest BCUT2D eigenvalue weighted by Gasteiger charge is 2.15. The molecule has 0 aliphatic heterocycles. The second-order valence-corrected chi connectivity index (χ2v) is 8.21. The number of carbonyl (C=O) groups excluding carboxylic acids is 1. The topological polar surface area (TPSA) is 73.6 Å². The van der Waals surface area contributed by atoms with E-state index >= 15 is 0 Å². The first-order chi connectivity index (χ1) is 15.9. The smallest absolute Gasteiger partial charge is 0.255 e. The summed E-state index contributed by atoms with van der Waals surface area (Å²) in [5.41, 5.74) is 4.27. The fraction of sp³-hybridized carbons (Fsp3) is 0.231. The highest BCUT2D eigenvalue weighted by atomic mass is 35.5. The van der Waals surface area contributed by atoms with Gasteiger partial charge in [0.25, 0.3) is 5.91 Å². The highest BCUT2D eigenvalue weighted by Crippen LogP contribution is 2.32. The Morgan fingerprint density at radius 3 is 2.45 bits per heavy atom. The van der Waals surface area contributed by atoms with Crippen molar-refractivity contribution in [2.24, 2.45) is 0 Å². The standard InChI is InChI=1S/C26H25ClN2O4/c1-5-15(2)16-7-9-24-23(12-16)29-26(33-24)17-6-8-21(27)22(13-17)28-25(30)18-10-19(31-3)14-20(11-18)32-4/h6-15H,5H2,1-4H3,(H,28,30)/t15-/m0/s1. The molecule has 3 aromatic carbocycles. The van der Waals surface area contributed by atoms with Crippen LogP contribution in [-0.4, -0.2) is 25.1 Å². The molecule has 4 rings (SSSR count). The quantitative estimate of drug-likeness (QED) is 0.321. The summed E-state index contributed by atoms with van der Waals surface area (Å²) in [7, 11) is 3.06. The minimum absolute atomic E-state index is 0.345. The molecule has 0 saturated heterocycles. The fourth-order valence-corrected chi connectivity index (χ4v) is 3.66. The predicted molar refractivity (Wildman–Crippen MR) is 131 cm³/mol. The molecular weight excluding hydrogens is 440 g/mol. The first-order valence-electron chi connectivity index (χ1n) is 10.7. The van der Waals surface area contributed by atoms with Crippen molar-refractivity contribution < 1.29 is 18.7 Å². The maximum absolute atomic E-state index is 12.9. The van der Waals surface area contributed by atoms with Gasteiger partial charge in [-0.2, -0.15) is 0 Å². The Morgan fingerprint density at radius 1 is 1.06 bits per heavy atom. The summed E-state index contributed by atoms with van der Waals surface area (Å²) in [6.07, 6.45) is 1.05. The summed E-state index contributed by atoms with van der Waals surface area (Å²) >= 11 is 6.37. The number of benzene rings is 3. The lowest BCUT2D eigenvalue weighted by Crippen LogP contribution is -2.12. The number of carbonyl (C=O) groups is 1. The van der Waals surface area contributed by atoms with Crippen LogP contribution < -0.4 is 14.8 Å². The van der Waals surface area contributed by atoms with Crippen LogP contribution in [0.25, 0.3) is 22.6 Å². The molecular formula is C26H25ClN2O4. The summed E-state index contributed by atoms with van der Waals surface area (Å²) in [6.45, 7) is 4.35. The molecule has 4 aromatic rings. The van der Waals surface area contributed by atoms with E-state index in [-0.39, 0.29) is 5.91 Å². The molecule has 0 spiro atoms. The Labute approximate surface area is 197 Å². The van der Waals surface area contributed by atoms with Gasteiger partial charge in [-0.25, -0.2) is 4.98 Å². The zero-order chi connectivity index (χ0) is 23.5. The zero-order valence-corrected chi connectivity index (χ0v) is 19.7. The van der Waals surface area contributed by atoms with Crippen molar-refractivity contribution in [1.82, 2.24) is 4.98 Å². The van der Waals surface area contributed by atoms with Crippen LogP contribution in [-0.2, 0) is 0 Å². The van der Waals surface area contributed by atoms with Gasteiger partial charge in [-0.3, -0.25) is 4.79 Å². The van der Waals surface area contributed by atoms with Crippen molar-refractivity contribution in [3.8, 4) is 23.0 Å². The SMILES string of the molecule is CC[C@H](C)c1ccc2oc(-c3ccc(Cl)c(NC(=O)c4cc(OC)cc(OC)c4)c3)nc2c1. The molecule has 170 valence electrons. The molecule has 0 unspecified atom stereocenters. The second-order valence-electron chi connectivity index (χ2n) is 7.81. The zero-order valence-electron chi connectivity index (χ0n) is 18.9. The minimum Gasteiger partial charge on any atom is -0.497 e. The molecule has 0 bridgehead atoms. The number of aromatic nitrogens is 1. The average molecular weight is 465 g/mol. The summed E-state index contributed by atoms with van der Waals surface area (Å²) < 4.78 is 16.5. The van der Waals surface area contributed by atoms with Crippen LogP contribution in [0, 0.1) is 0 Å². The summed E-state index contributed by atoms with van der Waals surface area (Å²) in [4.78, 5) is 17.6. The lowest BCUT2D eigenvalue weighted by Gasteiger charge is -2.11. The minimum atomic E-state index is -0.345. The van der Waals surface area contributed by atoms with Crippen molar-refractivity contribution in [2.75, 3.05) is 19.5 Å². The molecule has 0 radical (unpaired) electrons. The third kappa shape index (κ3) is 4.81. The van der Waals surface area contributed by atoms with Crippen LogP contribution in [0.4, 0.5) is 5.69 Å². The normalized spacial score (nSPS) is 11.9. The number of nitrogens with zero attached hydrogens (tertiary/aromatic N) is 1. The Morgan fingerprint density at radius 2 is 1.79 bits per heavy atom. The molecule has 1 amide bonds. The Hall–Kier alpha value is -3.51. The first kappa shape index (κ1) is 22.7. The van der Waals surface area contributed by atoms with E-state index in [1.807, 2.05) is 12.1 Å². The van der Waals surface area contributed by atoms with Crippen LogP contribution in [0.1, 0.15) is 42.1 Å². The second kappa shape index (κ2) is 9.55. The highest BCUT2D eigenvalue weighted by molar-refractivity contribution is 6.34. The summed E-state index contributed by atoms with van der Waals surface area (Å²) in [6, 6.07) is 16.3. The van der Waals surface area contributed by atoms with Crippen molar-refractivity contribution in [3.63, 3.8) is 0 Å². The van der Waals surface area contributed by atoms with E-state index in [1.165, 1.54) is 19.8 Å².